The van der Waals surface area contributed by atoms with Crippen molar-refractivity contribution < 1.29 is 4.21 Å². The first-order valence-corrected chi connectivity index (χ1v) is 8.43. The molecule has 20 heavy (non-hydrogen) atoms. The number of nitrogens with one attached hydrogen (secondary N) is 1. The van der Waals surface area contributed by atoms with Gasteiger partial charge in [-0.2, -0.15) is 0 Å². The minimum Gasteiger partial charge on any atom is -0.315 e. The highest BCUT2D eigenvalue weighted by Gasteiger charge is 2.25. The molecule has 0 aliphatic carbocycles. The van der Waals surface area contributed by atoms with Crippen LogP contribution >= 0.6 is 0 Å². The zero-order valence-electron chi connectivity index (χ0n) is 12.0. The fraction of sp³-hybridized carbons (Fsp3) is 0.294. The van der Waals surface area contributed by atoms with E-state index in [1.54, 1.807) is 6.26 Å². The third-order valence-corrected chi connectivity index (χ3v) is 4.84. The van der Waals surface area contributed by atoms with Crippen LogP contribution in [0.5, 0.6) is 0 Å². The molecular weight excluding hydrogens is 266 g/mol. The number of rotatable bonds is 6. The average Bonchev–Trinajstić information content (AvgIpc) is 2.48. The molecule has 106 valence electrons. The van der Waals surface area contributed by atoms with Crippen LogP contribution < -0.4 is 5.32 Å². The van der Waals surface area contributed by atoms with Gasteiger partial charge in [0.25, 0.3) is 0 Å². The summed E-state index contributed by atoms with van der Waals surface area (Å²) in [5.41, 5.74) is 2.39. The van der Waals surface area contributed by atoms with Crippen molar-refractivity contribution in [3.05, 3.63) is 71.8 Å². The fourth-order valence-electron chi connectivity index (χ4n) is 2.53. The molecule has 3 unspecified atom stereocenters. The molecule has 0 amide bonds. The van der Waals surface area contributed by atoms with Gasteiger partial charge >= 0.3 is 0 Å². The number of hydrogen-bond acceptors (Lipinski definition) is 2. The summed E-state index contributed by atoms with van der Waals surface area (Å²) in [5.74, 6) is 0. The van der Waals surface area contributed by atoms with E-state index in [2.05, 4.69) is 29.6 Å². The van der Waals surface area contributed by atoms with Gasteiger partial charge in [0, 0.05) is 23.1 Å². The Hall–Kier alpha value is -1.45. The molecule has 2 aromatic carbocycles. The maximum Gasteiger partial charge on any atom is 0.0750 e. The van der Waals surface area contributed by atoms with Gasteiger partial charge < -0.3 is 5.32 Å². The van der Waals surface area contributed by atoms with E-state index in [1.165, 1.54) is 5.56 Å². The summed E-state index contributed by atoms with van der Waals surface area (Å²) < 4.78 is 12.2. The van der Waals surface area contributed by atoms with Crippen molar-refractivity contribution in [1.82, 2.24) is 5.32 Å². The predicted octanol–water partition coefficient (Wildman–Crippen LogP) is 2.94. The molecule has 0 radical (unpaired) electrons. The first-order valence-electron chi connectivity index (χ1n) is 6.80. The van der Waals surface area contributed by atoms with Crippen LogP contribution in [0.25, 0.3) is 0 Å². The molecule has 0 heterocycles. The van der Waals surface area contributed by atoms with E-state index in [-0.39, 0.29) is 11.3 Å². The molecule has 0 spiro atoms. The van der Waals surface area contributed by atoms with E-state index in [9.17, 15) is 4.21 Å². The Balaban J connectivity index is 2.25. The molecule has 0 aliphatic heterocycles. The van der Waals surface area contributed by atoms with Gasteiger partial charge in [0.1, 0.15) is 0 Å². The van der Waals surface area contributed by atoms with E-state index in [1.807, 2.05) is 43.4 Å². The van der Waals surface area contributed by atoms with Crippen LogP contribution in [0.2, 0.25) is 0 Å². The fourth-order valence-corrected chi connectivity index (χ4v) is 3.76. The summed E-state index contributed by atoms with van der Waals surface area (Å²) in [6, 6.07) is 20.6. The average molecular weight is 287 g/mol. The largest absolute Gasteiger partial charge is 0.315 e. The minimum atomic E-state index is -0.920. The summed E-state index contributed by atoms with van der Waals surface area (Å²) >= 11 is 0. The maximum absolute atomic E-state index is 12.2. The van der Waals surface area contributed by atoms with Gasteiger partial charge in [-0.15, -0.1) is 0 Å². The molecule has 0 saturated carbocycles. The Bertz CT molecular complexity index is 541. The third-order valence-electron chi connectivity index (χ3n) is 3.52. The van der Waals surface area contributed by atoms with E-state index in [4.69, 9.17) is 0 Å². The Morgan fingerprint density at radius 1 is 1.00 bits per heavy atom. The van der Waals surface area contributed by atoms with Crippen LogP contribution in [0.1, 0.15) is 16.4 Å². The number of hydrogen-bond donors (Lipinski definition) is 1. The Morgan fingerprint density at radius 2 is 1.55 bits per heavy atom. The highest BCUT2D eigenvalue weighted by molar-refractivity contribution is 7.84. The van der Waals surface area contributed by atoms with Crippen molar-refractivity contribution in [3.63, 3.8) is 0 Å². The first-order chi connectivity index (χ1) is 9.72. The van der Waals surface area contributed by atoms with Gasteiger partial charge in [0.15, 0.2) is 0 Å². The van der Waals surface area contributed by atoms with Crippen molar-refractivity contribution >= 4 is 10.8 Å². The van der Waals surface area contributed by atoms with E-state index in [0.717, 1.165) is 12.0 Å². The highest BCUT2D eigenvalue weighted by Crippen LogP contribution is 2.25. The van der Waals surface area contributed by atoms with Crippen molar-refractivity contribution in [2.45, 2.75) is 17.7 Å². The molecular formula is C17H21NOS. The second-order valence-corrected chi connectivity index (χ2v) is 6.42. The molecule has 0 aromatic heterocycles. The number of likely N-dealkylation sites (N-methyl/N-ethyl adjacent to an activating group) is 1. The highest BCUT2D eigenvalue weighted by atomic mass is 32.2. The lowest BCUT2D eigenvalue weighted by Crippen LogP contribution is -2.36. The summed E-state index contributed by atoms with van der Waals surface area (Å²) in [4.78, 5) is 0. The van der Waals surface area contributed by atoms with Crippen molar-refractivity contribution in [1.29, 1.82) is 0 Å². The third kappa shape index (κ3) is 3.78. The van der Waals surface area contributed by atoms with Gasteiger partial charge in [0.05, 0.1) is 5.25 Å². The molecule has 2 nitrogen and oxygen atoms in total. The molecule has 0 bridgehead atoms. The lowest BCUT2D eigenvalue weighted by atomic mass is 9.98. The summed E-state index contributed by atoms with van der Waals surface area (Å²) in [5, 5.41) is 3.34. The summed E-state index contributed by atoms with van der Waals surface area (Å²) in [6.45, 7) is 0. The Morgan fingerprint density at radius 3 is 2.05 bits per heavy atom. The van der Waals surface area contributed by atoms with E-state index < -0.39 is 10.8 Å². The zero-order chi connectivity index (χ0) is 14.4. The van der Waals surface area contributed by atoms with Crippen LogP contribution in [-0.4, -0.2) is 23.6 Å². The van der Waals surface area contributed by atoms with Crippen LogP contribution in [0.4, 0.5) is 0 Å². The van der Waals surface area contributed by atoms with Gasteiger partial charge in [-0.1, -0.05) is 60.7 Å². The smallest absolute Gasteiger partial charge is 0.0750 e. The van der Waals surface area contributed by atoms with Crippen molar-refractivity contribution in [2.75, 3.05) is 13.3 Å². The molecule has 3 atom stereocenters. The summed E-state index contributed by atoms with van der Waals surface area (Å²) in [7, 11) is 1.02. The van der Waals surface area contributed by atoms with Crippen molar-refractivity contribution in [3.8, 4) is 0 Å². The second-order valence-electron chi connectivity index (χ2n) is 4.91. The Labute approximate surface area is 123 Å². The quantitative estimate of drug-likeness (QED) is 0.885. The number of benzene rings is 2. The van der Waals surface area contributed by atoms with Crippen molar-refractivity contribution in [2.24, 2.45) is 0 Å². The topological polar surface area (TPSA) is 29.1 Å². The monoisotopic (exact) mass is 287 g/mol. The van der Waals surface area contributed by atoms with Crippen LogP contribution in [0.15, 0.2) is 60.7 Å². The lowest BCUT2D eigenvalue weighted by molar-refractivity contribution is 0.535. The van der Waals surface area contributed by atoms with E-state index >= 15 is 0 Å². The predicted molar refractivity (Wildman–Crippen MR) is 86.2 cm³/mol. The molecule has 0 saturated heterocycles. The summed E-state index contributed by atoms with van der Waals surface area (Å²) in [6.07, 6.45) is 2.66. The van der Waals surface area contributed by atoms with Crippen LogP contribution in [-0.2, 0) is 17.2 Å². The maximum atomic E-state index is 12.2. The lowest BCUT2D eigenvalue weighted by Gasteiger charge is -2.25. The van der Waals surface area contributed by atoms with Gasteiger partial charge in [-0.3, -0.25) is 4.21 Å². The molecule has 2 aromatic rings. The van der Waals surface area contributed by atoms with Crippen LogP contribution in [0.3, 0.4) is 0 Å². The normalized spacial score (nSPS) is 15.5. The van der Waals surface area contributed by atoms with Gasteiger partial charge in [-0.25, -0.2) is 0 Å². The molecule has 0 fully saturated rings. The Kier molecular flexibility index (Phi) is 5.50. The standard InChI is InChI=1S/C17H21NOS/c1-18-16(13-14-9-5-3-6-10-14)17(20(2)19)15-11-7-4-8-12-15/h3-12,16-18H,13H2,1-2H3. The minimum absolute atomic E-state index is 0.00130. The first kappa shape index (κ1) is 14.9. The molecule has 3 heteroatoms. The van der Waals surface area contributed by atoms with Gasteiger partial charge in [-0.05, 0) is 24.6 Å². The van der Waals surface area contributed by atoms with E-state index in [0.29, 0.717) is 0 Å². The van der Waals surface area contributed by atoms with Gasteiger partial charge in [0.2, 0.25) is 0 Å². The van der Waals surface area contributed by atoms with Crippen LogP contribution in [0, 0.1) is 0 Å². The molecule has 0 aliphatic rings. The SMILES string of the molecule is CNC(Cc1ccccc1)C(c1ccccc1)S(C)=O. The zero-order valence-corrected chi connectivity index (χ0v) is 12.8. The second kappa shape index (κ2) is 7.36. The molecule has 2 rings (SSSR count). The molecule has 1 N–H and O–H groups in total.